The van der Waals surface area contributed by atoms with Gasteiger partial charge in [0.1, 0.15) is 11.0 Å². The van der Waals surface area contributed by atoms with Crippen LogP contribution in [0.5, 0.6) is 0 Å². The van der Waals surface area contributed by atoms with Crippen LogP contribution in [0.2, 0.25) is 0 Å². The zero-order valence-electron chi connectivity index (χ0n) is 16.3. The Kier molecular flexibility index (Phi) is 5.19. The Morgan fingerprint density at radius 2 is 1.79 bits per heavy atom. The fourth-order valence-corrected chi connectivity index (χ4v) is 4.02. The second kappa shape index (κ2) is 7.65. The summed E-state index contributed by atoms with van der Waals surface area (Å²) in [5.41, 5.74) is 5.35. The maximum absolute atomic E-state index is 14.9. The molecule has 29 heavy (non-hydrogen) atoms. The summed E-state index contributed by atoms with van der Waals surface area (Å²) >= 11 is 0. The van der Waals surface area contributed by atoms with Crippen LogP contribution in [0.1, 0.15) is 36.0 Å². The first-order valence-electron chi connectivity index (χ1n) is 9.59. The number of fused-ring (bicyclic) bond motifs is 2. The first-order chi connectivity index (χ1) is 13.6. The van der Waals surface area contributed by atoms with E-state index >= 15 is 0 Å². The molecule has 0 aliphatic carbocycles. The molecule has 6 nitrogen and oxygen atoms in total. The third-order valence-corrected chi connectivity index (χ3v) is 5.46. The zero-order valence-corrected chi connectivity index (χ0v) is 17.1. The molecular formula is C21H22ClFN6. The zero-order chi connectivity index (χ0) is 19.3. The molecular weight excluding hydrogens is 391 g/mol. The molecule has 1 aliphatic rings. The first-order valence-corrected chi connectivity index (χ1v) is 9.59. The predicted molar refractivity (Wildman–Crippen MR) is 113 cm³/mol. The maximum Gasteiger partial charge on any atom is 0.154 e. The summed E-state index contributed by atoms with van der Waals surface area (Å²) in [6, 6.07) is 5.41. The van der Waals surface area contributed by atoms with Crippen LogP contribution in [-0.4, -0.2) is 37.7 Å². The van der Waals surface area contributed by atoms with Crippen molar-refractivity contribution in [1.82, 2.24) is 29.9 Å². The molecule has 0 unspecified atom stereocenters. The number of hydrogen-bond donors (Lipinski definition) is 1. The van der Waals surface area contributed by atoms with E-state index in [1.54, 1.807) is 0 Å². The van der Waals surface area contributed by atoms with Crippen LogP contribution in [0.15, 0.2) is 30.6 Å². The number of aryl methyl sites for hydroxylation is 2. The molecule has 5 rings (SSSR count). The van der Waals surface area contributed by atoms with E-state index in [4.69, 9.17) is 0 Å². The second-order valence-electron chi connectivity index (χ2n) is 7.51. The number of nitrogens with one attached hydrogen (secondary N) is 1. The fraction of sp³-hybridized carbons (Fsp3) is 0.333. The van der Waals surface area contributed by atoms with Gasteiger partial charge in [-0.15, -0.1) is 22.6 Å². The van der Waals surface area contributed by atoms with Crippen molar-refractivity contribution < 1.29 is 4.39 Å². The minimum absolute atomic E-state index is 0. The van der Waals surface area contributed by atoms with Gasteiger partial charge >= 0.3 is 0 Å². The van der Waals surface area contributed by atoms with E-state index in [1.165, 1.54) is 6.07 Å². The molecule has 0 saturated carbocycles. The molecule has 150 valence electrons. The summed E-state index contributed by atoms with van der Waals surface area (Å²) in [6.45, 7) is 5.81. The lowest BCUT2D eigenvalue weighted by atomic mass is 9.97. The number of halogens is 2. The van der Waals surface area contributed by atoms with Crippen LogP contribution in [0, 0.1) is 19.7 Å². The van der Waals surface area contributed by atoms with Gasteiger partial charge in [0.2, 0.25) is 0 Å². The van der Waals surface area contributed by atoms with E-state index in [2.05, 4.69) is 25.5 Å². The Labute approximate surface area is 174 Å². The van der Waals surface area contributed by atoms with Gasteiger partial charge in [-0.3, -0.25) is 4.98 Å². The lowest BCUT2D eigenvalue weighted by Crippen LogP contribution is -2.27. The molecule has 3 aromatic heterocycles. The molecule has 1 aliphatic heterocycles. The summed E-state index contributed by atoms with van der Waals surface area (Å²) in [4.78, 5) is 9.01. The fourth-order valence-electron chi connectivity index (χ4n) is 4.02. The SMILES string of the molecule is Cc1cn2cc(-c3cc(F)c4nc(C5CCNCC5)nnc4c3)cc2c(C)n1.Cl. The number of nitrogens with zero attached hydrogens (tertiary/aromatic N) is 5. The smallest absolute Gasteiger partial charge is 0.154 e. The Balaban J connectivity index is 0.00000205. The van der Waals surface area contributed by atoms with Gasteiger partial charge < -0.3 is 9.72 Å². The molecule has 8 heteroatoms. The minimum atomic E-state index is -0.362. The highest BCUT2D eigenvalue weighted by atomic mass is 35.5. The van der Waals surface area contributed by atoms with Gasteiger partial charge in [0.15, 0.2) is 11.6 Å². The third kappa shape index (κ3) is 3.56. The Bertz CT molecular complexity index is 1200. The quantitative estimate of drug-likeness (QED) is 0.539. The van der Waals surface area contributed by atoms with Crippen LogP contribution in [0.4, 0.5) is 4.39 Å². The van der Waals surface area contributed by atoms with E-state index in [9.17, 15) is 4.39 Å². The highest BCUT2D eigenvalue weighted by Gasteiger charge is 2.20. The van der Waals surface area contributed by atoms with Crippen LogP contribution in [0.3, 0.4) is 0 Å². The molecule has 0 radical (unpaired) electrons. The van der Waals surface area contributed by atoms with Gasteiger partial charge in [-0.1, -0.05) is 0 Å². The van der Waals surface area contributed by atoms with Crippen molar-refractivity contribution in [3.05, 3.63) is 53.6 Å². The number of hydrogen-bond acceptors (Lipinski definition) is 5. The van der Waals surface area contributed by atoms with Crippen LogP contribution in [0.25, 0.3) is 27.7 Å². The van der Waals surface area contributed by atoms with Crippen molar-refractivity contribution >= 4 is 29.0 Å². The molecule has 4 heterocycles. The highest BCUT2D eigenvalue weighted by Crippen LogP contribution is 2.29. The normalized spacial score (nSPS) is 15.0. The maximum atomic E-state index is 14.9. The Morgan fingerprint density at radius 1 is 1.00 bits per heavy atom. The van der Waals surface area contributed by atoms with Crippen LogP contribution in [-0.2, 0) is 0 Å². The number of rotatable bonds is 2. The van der Waals surface area contributed by atoms with Gasteiger partial charge in [-0.2, -0.15) is 0 Å². The average Bonchev–Trinajstić information content (AvgIpc) is 3.13. The molecule has 0 amide bonds. The number of benzene rings is 1. The molecule has 1 fully saturated rings. The van der Waals surface area contributed by atoms with Crippen LogP contribution < -0.4 is 5.32 Å². The molecule has 1 saturated heterocycles. The van der Waals surface area contributed by atoms with E-state index < -0.39 is 0 Å². The van der Waals surface area contributed by atoms with Gasteiger partial charge in [0.05, 0.1) is 16.9 Å². The lowest BCUT2D eigenvalue weighted by Gasteiger charge is -2.20. The molecule has 4 aromatic rings. The van der Waals surface area contributed by atoms with Gasteiger partial charge in [-0.05, 0) is 63.5 Å². The van der Waals surface area contributed by atoms with Gasteiger partial charge in [-0.25, -0.2) is 9.37 Å². The molecule has 0 atom stereocenters. The molecule has 0 bridgehead atoms. The van der Waals surface area contributed by atoms with Crippen molar-refractivity contribution in [1.29, 1.82) is 0 Å². The average molecular weight is 413 g/mol. The summed E-state index contributed by atoms with van der Waals surface area (Å²) in [7, 11) is 0. The van der Waals surface area contributed by atoms with E-state index in [-0.39, 0.29) is 24.1 Å². The first kappa shape index (κ1) is 19.7. The highest BCUT2D eigenvalue weighted by molar-refractivity contribution is 5.85. The lowest BCUT2D eigenvalue weighted by molar-refractivity contribution is 0.442. The van der Waals surface area contributed by atoms with Gasteiger partial charge in [0.25, 0.3) is 0 Å². The number of aromatic nitrogens is 5. The number of piperidine rings is 1. The van der Waals surface area contributed by atoms with Crippen molar-refractivity contribution in [2.75, 3.05) is 13.1 Å². The summed E-state index contributed by atoms with van der Waals surface area (Å²) in [5, 5.41) is 11.9. The Hall–Kier alpha value is -2.64. The van der Waals surface area contributed by atoms with Crippen molar-refractivity contribution in [3.8, 4) is 11.1 Å². The molecule has 0 spiro atoms. The minimum Gasteiger partial charge on any atom is -0.320 e. The largest absolute Gasteiger partial charge is 0.320 e. The van der Waals surface area contributed by atoms with Crippen molar-refractivity contribution in [3.63, 3.8) is 0 Å². The van der Waals surface area contributed by atoms with Crippen LogP contribution >= 0.6 is 12.4 Å². The monoisotopic (exact) mass is 412 g/mol. The summed E-state index contributed by atoms with van der Waals surface area (Å²) < 4.78 is 16.9. The summed E-state index contributed by atoms with van der Waals surface area (Å²) in [6.07, 6.45) is 5.87. The molecule has 1 N–H and O–H groups in total. The summed E-state index contributed by atoms with van der Waals surface area (Å²) in [5.74, 6) is 0.527. The van der Waals surface area contributed by atoms with E-state index in [0.29, 0.717) is 16.9 Å². The third-order valence-electron chi connectivity index (χ3n) is 5.46. The van der Waals surface area contributed by atoms with Crippen molar-refractivity contribution in [2.45, 2.75) is 32.6 Å². The van der Waals surface area contributed by atoms with E-state index in [0.717, 1.165) is 54.0 Å². The molecule has 1 aromatic carbocycles. The topological polar surface area (TPSA) is 68.0 Å². The second-order valence-corrected chi connectivity index (χ2v) is 7.51. The van der Waals surface area contributed by atoms with E-state index in [1.807, 2.05) is 42.8 Å². The standard InChI is InChI=1S/C21H21FN6.ClH/c1-12-10-28-11-16(9-19(28)13(2)24-12)15-7-17(22)20-18(8-15)26-27-21(25-20)14-3-5-23-6-4-14;/h7-11,14,23H,3-6H2,1-2H3;1H. The Morgan fingerprint density at radius 3 is 2.59 bits per heavy atom. The predicted octanol–water partition coefficient (Wildman–Crippen LogP) is 3.98. The van der Waals surface area contributed by atoms with Gasteiger partial charge in [0, 0.05) is 23.9 Å². The van der Waals surface area contributed by atoms with Crippen molar-refractivity contribution in [2.24, 2.45) is 0 Å².